The largest absolute Gasteiger partial charge is 0.497 e. The molecule has 1 atom stereocenters. The van der Waals surface area contributed by atoms with Crippen LogP contribution in [-0.2, 0) is 11.2 Å². The molecule has 16 heavy (non-hydrogen) atoms. The topological polar surface area (TPSA) is 26.3 Å². The maximum atomic E-state index is 13.8. The number of carbonyl (C=O) groups excluding carboxylic acids is 1. The lowest BCUT2D eigenvalue weighted by atomic mass is 9.80. The van der Waals surface area contributed by atoms with Gasteiger partial charge < -0.3 is 4.74 Å². The molecule has 1 aliphatic rings. The van der Waals surface area contributed by atoms with Crippen molar-refractivity contribution in [1.82, 2.24) is 0 Å². The monoisotopic (exact) mass is 222 g/mol. The molecule has 0 radical (unpaired) electrons. The number of hydrogen-bond acceptors (Lipinski definition) is 2. The van der Waals surface area contributed by atoms with Gasteiger partial charge in [0.15, 0.2) is 0 Å². The van der Waals surface area contributed by atoms with Crippen molar-refractivity contribution in [2.75, 3.05) is 7.11 Å². The van der Waals surface area contributed by atoms with E-state index in [2.05, 4.69) is 0 Å². The molecule has 1 aromatic carbocycles. The quantitative estimate of drug-likeness (QED) is 0.769. The predicted octanol–water partition coefficient (Wildman–Crippen LogP) is 2.84. The first-order valence-electron chi connectivity index (χ1n) is 5.56. The van der Waals surface area contributed by atoms with Crippen LogP contribution < -0.4 is 4.74 Å². The Kier molecular flexibility index (Phi) is 2.95. The van der Waals surface area contributed by atoms with Crippen LogP contribution in [0.15, 0.2) is 12.1 Å². The Morgan fingerprint density at radius 2 is 2.19 bits per heavy atom. The number of ketones is 1. The van der Waals surface area contributed by atoms with E-state index in [9.17, 15) is 9.18 Å². The molecule has 0 spiro atoms. The Morgan fingerprint density at radius 3 is 2.81 bits per heavy atom. The zero-order valence-electron chi connectivity index (χ0n) is 9.55. The molecule has 0 aliphatic heterocycles. The summed E-state index contributed by atoms with van der Waals surface area (Å²) < 4.78 is 18.8. The van der Waals surface area contributed by atoms with E-state index in [0.29, 0.717) is 24.2 Å². The minimum atomic E-state index is -0.250. The summed E-state index contributed by atoms with van der Waals surface area (Å²) in [5.41, 5.74) is 1.50. The van der Waals surface area contributed by atoms with E-state index in [0.717, 1.165) is 12.0 Å². The van der Waals surface area contributed by atoms with Gasteiger partial charge in [-0.25, -0.2) is 4.39 Å². The highest BCUT2D eigenvalue weighted by Crippen LogP contribution is 2.35. The summed E-state index contributed by atoms with van der Waals surface area (Å²) in [6.07, 6.45) is 1.69. The van der Waals surface area contributed by atoms with Gasteiger partial charge in [0, 0.05) is 18.4 Å². The fraction of sp³-hybridized carbons (Fsp3) is 0.462. The van der Waals surface area contributed by atoms with Gasteiger partial charge >= 0.3 is 0 Å². The molecule has 0 fully saturated rings. The fourth-order valence-electron chi connectivity index (χ4n) is 2.37. The molecule has 3 heteroatoms. The maximum Gasteiger partial charge on any atom is 0.140 e. The molecule has 2 rings (SSSR count). The average molecular weight is 222 g/mol. The van der Waals surface area contributed by atoms with Gasteiger partial charge in [0.2, 0.25) is 0 Å². The number of benzene rings is 1. The number of carbonyl (C=O) groups is 1. The third kappa shape index (κ3) is 1.70. The molecule has 1 unspecified atom stereocenters. The lowest BCUT2D eigenvalue weighted by Gasteiger charge is -2.24. The molecular formula is C13H15FO2. The molecule has 1 aliphatic carbocycles. The molecule has 0 heterocycles. The first-order chi connectivity index (χ1) is 7.67. The summed E-state index contributed by atoms with van der Waals surface area (Å²) in [5, 5.41) is 0. The van der Waals surface area contributed by atoms with Crippen LogP contribution in [0.2, 0.25) is 0 Å². The first kappa shape index (κ1) is 11.1. The first-order valence-corrected chi connectivity index (χ1v) is 5.56. The highest BCUT2D eigenvalue weighted by atomic mass is 19.1. The van der Waals surface area contributed by atoms with E-state index in [-0.39, 0.29) is 17.5 Å². The number of methoxy groups -OCH3 is 1. The Morgan fingerprint density at radius 1 is 1.44 bits per heavy atom. The fourth-order valence-corrected chi connectivity index (χ4v) is 2.37. The van der Waals surface area contributed by atoms with E-state index in [1.807, 2.05) is 6.92 Å². The van der Waals surface area contributed by atoms with Gasteiger partial charge in [0.25, 0.3) is 0 Å². The van der Waals surface area contributed by atoms with Gasteiger partial charge in [0.1, 0.15) is 17.3 Å². The van der Waals surface area contributed by atoms with Gasteiger partial charge in [-0.05, 0) is 30.0 Å². The highest BCUT2D eigenvalue weighted by molar-refractivity contribution is 5.88. The predicted molar refractivity (Wildman–Crippen MR) is 59.3 cm³/mol. The van der Waals surface area contributed by atoms with Crippen LogP contribution in [0.1, 0.15) is 36.8 Å². The van der Waals surface area contributed by atoms with Crippen LogP contribution in [0, 0.1) is 5.82 Å². The molecule has 2 nitrogen and oxygen atoms in total. The molecule has 0 bridgehead atoms. The van der Waals surface area contributed by atoms with Gasteiger partial charge in [0.05, 0.1) is 7.11 Å². The molecule has 0 N–H and O–H groups in total. The Bertz CT molecular complexity index is 426. The van der Waals surface area contributed by atoms with E-state index in [1.165, 1.54) is 13.2 Å². The maximum absolute atomic E-state index is 13.8. The van der Waals surface area contributed by atoms with Crippen LogP contribution in [0.3, 0.4) is 0 Å². The van der Waals surface area contributed by atoms with Gasteiger partial charge in [-0.3, -0.25) is 4.79 Å². The van der Waals surface area contributed by atoms with Crippen molar-refractivity contribution in [3.05, 3.63) is 29.1 Å². The van der Waals surface area contributed by atoms with Crippen LogP contribution in [0.4, 0.5) is 4.39 Å². The van der Waals surface area contributed by atoms with Crippen LogP contribution >= 0.6 is 0 Å². The molecule has 86 valence electrons. The number of halogens is 1. The second-order valence-electron chi connectivity index (χ2n) is 4.10. The Labute approximate surface area is 94.4 Å². The number of hydrogen-bond donors (Lipinski definition) is 0. The van der Waals surface area contributed by atoms with Gasteiger partial charge in [-0.15, -0.1) is 0 Å². The van der Waals surface area contributed by atoms with E-state index < -0.39 is 0 Å². The van der Waals surface area contributed by atoms with Crippen LogP contribution in [0.25, 0.3) is 0 Å². The van der Waals surface area contributed by atoms with Crippen molar-refractivity contribution >= 4 is 5.78 Å². The summed E-state index contributed by atoms with van der Waals surface area (Å²) in [6, 6.07) is 3.19. The molecule has 1 aromatic rings. The third-order valence-corrected chi connectivity index (χ3v) is 3.23. The summed E-state index contributed by atoms with van der Waals surface area (Å²) in [4.78, 5) is 11.7. The molecule has 0 saturated carbocycles. The number of fused-ring (bicyclic) bond motifs is 1. The average Bonchev–Trinajstić information content (AvgIpc) is 2.28. The lowest BCUT2D eigenvalue weighted by molar-refractivity contribution is -0.121. The molecule has 0 saturated heterocycles. The number of ether oxygens (including phenoxy) is 1. The van der Waals surface area contributed by atoms with Crippen molar-refractivity contribution in [3.8, 4) is 5.75 Å². The van der Waals surface area contributed by atoms with Gasteiger partial charge in [-0.2, -0.15) is 0 Å². The lowest BCUT2D eigenvalue weighted by Crippen LogP contribution is -2.21. The Hall–Kier alpha value is -1.38. The van der Waals surface area contributed by atoms with Crippen molar-refractivity contribution in [2.45, 2.75) is 32.1 Å². The normalized spacial score (nSPS) is 19.4. The van der Waals surface area contributed by atoms with Crippen molar-refractivity contribution < 1.29 is 13.9 Å². The summed E-state index contributed by atoms with van der Waals surface area (Å²) >= 11 is 0. The molecule has 0 amide bonds. The van der Waals surface area contributed by atoms with E-state index >= 15 is 0 Å². The second kappa shape index (κ2) is 4.24. The van der Waals surface area contributed by atoms with Crippen molar-refractivity contribution in [3.63, 3.8) is 0 Å². The summed E-state index contributed by atoms with van der Waals surface area (Å²) in [5.74, 6) is 0.292. The highest BCUT2D eigenvalue weighted by Gasteiger charge is 2.28. The van der Waals surface area contributed by atoms with Crippen LogP contribution in [-0.4, -0.2) is 12.9 Å². The van der Waals surface area contributed by atoms with Crippen molar-refractivity contribution in [2.24, 2.45) is 0 Å². The zero-order valence-corrected chi connectivity index (χ0v) is 9.55. The smallest absolute Gasteiger partial charge is 0.140 e. The van der Waals surface area contributed by atoms with E-state index in [4.69, 9.17) is 4.74 Å². The number of Topliss-reactive ketones (excluding diaryl/α,β-unsaturated/α-hetero) is 1. The molecule has 0 aromatic heterocycles. The summed E-state index contributed by atoms with van der Waals surface area (Å²) in [7, 11) is 1.51. The second-order valence-corrected chi connectivity index (χ2v) is 4.10. The molecular weight excluding hydrogens is 207 g/mol. The van der Waals surface area contributed by atoms with E-state index in [1.54, 1.807) is 6.07 Å². The minimum Gasteiger partial charge on any atom is -0.497 e. The zero-order chi connectivity index (χ0) is 11.7. The van der Waals surface area contributed by atoms with Crippen molar-refractivity contribution in [1.29, 1.82) is 0 Å². The standard InChI is InChI=1S/C13H15FO2/c1-3-9-11-6-8(16-2)7-12(14)10(11)4-5-13(9)15/h6-7,9H,3-5H2,1-2H3. The summed E-state index contributed by atoms with van der Waals surface area (Å²) in [6.45, 7) is 1.95. The minimum absolute atomic E-state index is 0.159. The Balaban J connectivity index is 2.55. The van der Waals surface area contributed by atoms with Crippen LogP contribution in [0.5, 0.6) is 5.75 Å². The van der Waals surface area contributed by atoms with Gasteiger partial charge in [-0.1, -0.05) is 6.92 Å². The third-order valence-electron chi connectivity index (χ3n) is 3.23. The SMILES string of the molecule is CCC1C(=O)CCc2c(F)cc(OC)cc21. The number of rotatable bonds is 2.